The molecular weight excluding hydrogens is 334 g/mol. The first-order chi connectivity index (χ1) is 13.1. The minimum Gasteiger partial charge on any atom is -0.309 e. The number of rotatable bonds is 5. The number of nitrogens with zero attached hydrogens (tertiary/aromatic N) is 4. The van der Waals surface area contributed by atoms with Crippen molar-refractivity contribution in [2.24, 2.45) is 0 Å². The smallest absolute Gasteiger partial charge is 0.0983 e. The van der Waals surface area contributed by atoms with Crippen LogP contribution >= 0.6 is 0 Å². The van der Waals surface area contributed by atoms with Crippen LogP contribution in [0.3, 0.4) is 0 Å². The molecule has 1 aliphatic heterocycles. The van der Waals surface area contributed by atoms with Crippen molar-refractivity contribution in [3.63, 3.8) is 0 Å². The van der Waals surface area contributed by atoms with Crippen LogP contribution in [0.25, 0.3) is 11.3 Å². The van der Waals surface area contributed by atoms with Crippen LogP contribution in [0.5, 0.6) is 0 Å². The molecule has 0 saturated carbocycles. The van der Waals surface area contributed by atoms with Crippen molar-refractivity contribution in [1.29, 1.82) is 0 Å². The largest absolute Gasteiger partial charge is 0.309 e. The molecule has 0 atom stereocenters. The maximum absolute atomic E-state index is 4.91. The van der Waals surface area contributed by atoms with E-state index in [1.165, 1.54) is 11.1 Å². The van der Waals surface area contributed by atoms with Gasteiger partial charge in [0.05, 0.1) is 12.2 Å². The summed E-state index contributed by atoms with van der Waals surface area (Å²) in [7, 11) is 0. The number of piperazine rings is 1. The van der Waals surface area contributed by atoms with Gasteiger partial charge in [0.15, 0.2) is 0 Å². The fraction of sp³-hybridized carbons (Fsp3) is 0.364. The van der Waals surface area contributed by atoms with Gasteiger partial charge in [0.1, 0.15) is 0 Å². The van der Waals surface area contributed by atoms with Gasteiger partial charge in [-0.25, -0.2) is 0 Å². The molecule has 0 unspecified atom stereocenters. The maximum atomic E-state index is 4.91. The van der Waals surface area contributed by atoms with Gasteiger partial charge in [-0.15, -0.1) is 0 Å². The van der Waals surface area contributed by atoms with Crippen molar-refractivity contribution >= 4 is 0 Å². The van der Waals surface area contributed by atoms with Crippen LogP contribution in [0, 0.1) is 0 Å². The molecule has 5 heteroatoms. The van der Waals surface area contributed by atoms with Crippen LogP contribution in [0.1, 0.15) is 25.0 Å². The van der Waals surface area contributed by atoms with Crippen molar-refractivity contribution in [2.45, 2.75) is 32.5 Å². The molecule has 4 rings (SSSR count). The highest BCUT2D eigenvalue weighted by Gasteiger charge is 2.26. The first-order valence-electron chi connectivity index (χ1n) is 9.57. The Labute approximate surface area is 161 Å². The third kappa shape index (κ3) is 4.43. The number of pyridine rings is 1. The number of benzene rings is 1. The number of hydrogen-bond donors (Lipinski definition) is 1. The molecule has 0 radical (unpaired) electrons. The summed E-state index contributed by atoms with van der Waals surface area (Å²) in [6.07, 6.45) is 5.91. The molecule has 1 N–H and O–H groups in total. The van der Waals surface area contributed by atoms with E-state index in [4.69, 9.17) is 5.10 Å². The predicted molar refractivity (Wildman–Crippen MR) is 108 cm³/mol. The summed E-state index contributed by atoms with van der Waals surface area (Å²) in [6, 6.07) is 14.5. The highest BCUT2D eigenvalue weighted by molar-refractivity contribution is 5.61. The third-order valence-electron chi connectivity index (χ3n) is 5.00. The normalized spacial score (nSPS) is 17.1. The Morgan fingerprint density at radius 2 is 1.93 bits per heavy atom. The Bertz CT molecular complexity index is 870. The summed E-state index contributed by atoms with van der Waals surface area (Å²) in [5.74, 6) is 0. The van der Waals surface area contributed by atoms with Gasteiger partial charge >= 0.3 is 0 Å². The minimum absolute atomic E-state index is 0.146. The Hall–Kier alpha value is -2.50. The van der Waals surface area contributed by atoms with Crippen molar-refractivity contribution in [2.75, 3.05) is 19.6 Å². The zero-order valence-electron chi connectivity index (χ0n) is 16.1. The third-order valence-corrected chi connectivity index (χ3v) is 5.00. The lowest BCUT2D eigenvalue weighted by Crippen LogP contribution is -2.56. The molecule has 0 spiro atoms. The zero-order chi connectivity index (χ0) is 18.7. The summed E-state index contributed by atoms with van der Waals surface area (Å²) in [4.78, 5) is 6.81. The zero-order valence-corrected chi connectivity index (χ0v) is 16.1. The molecule has 1 aromatic carbocycles. The molecule has 5 nitrogen and oxygen atoms in total. The van der Waals surface area contributed by atoms with Gasteiger partial charge in [0, 0.05) is 61.4 Å². The monoisotopic (exact) mass is 361 g/mol. The molecule has 27 heavy (non-hydrogen) atoms. The van der Waals surface area contributed by atoms with Gasteiger partial charge < -0.3 is 5.32 Å². The Morgan fingerprint density at radius 1 is 1.07 bits per heavy atom. The standard InChI is InChI=1S/C22H27N5/c1-22(2)17-26(12-11-24-22)15-20-16-27(14-18-7-4-3-5-8-18)25-21(20)19-9-6-10-23-13-19/h3-10,13,16,24H,11-12,14-15,17H2,1-2H3. The molecule has 1 fully saturated rings. The van der Waals surface area contributed by atoms with Crippen LogP contribution in [-0.2, 0) is 13.1 Å². The highest BCUT2D eigenvalue weighted by Crippen LogP contribution is 2.24. The van der Waals surface area contributed by atoms with Crippen LogP contribution < -0.4 is 5.32 Å². The van der Waals surface area contributed by atoms with Crippen LogP contribution in [-0.4, -0.2) is 44.8 Å². The van der Waals surface area contributed by atoms with Crippen LogP contribution in [0.15, 0.2) is 61.1 Å². The molecule has 0 aliphatic carbocycles. The number of aromatic nitrogens is 3. The second-order valence-corrected chi connectivity index (χ2v) is 7.95. The number of hydrogen-bond acceptors (Lipinski definition) is 4. The van der Waals surface area contributed by atoms with Gasteiger partial charge in [0.2, 0.25) is 0 Å². The average Bonchev–Trinajstić information content (AvgIpc) is 3.04. The van der Waals surface area contributed by atoms with Crippen molar-refractivity contribution in [1.82, 2.24) is 25.0 Å². The van der Waals surface area contributed by atoms with Crippen molar-refractivity contribution < 1.29 is 0 Å². The van der Waals surface area contributed by atoms with E-state index in [1.54, 1.807) is 0 Å². The van der Waals surface area contributed by atoms with Gasteiger partial charge in [-0.05, 0) is 31.5 Å². The first-order valence-corrected chi connectivity index (χ1v) is 9.57. The molecule has 0 bridgehead atoms. The van der Waals surface area contributed by atoms with Crippen LogP contribution in [0.4, 0.5) is 0 Å². The Morgan fingerprint density at radius 3 is 2.67 bits per heavy atom. The van der Waals surface area contributed by atoms with E-state index in [-0.39, 0.29) is 5.54 Å². The van der Waals surface area contributed by atoms with E-state index in [1.807, 2.05) is 24.5 Å². The Balaban J connectivity index is 1.62. The lowest BCUT2D eigenvalue weighted by Gasteiger charge is -2.39. The van der Waals surface area contributed by atoms with Gasteiger partial charge in [-0.3, -0.25) is 14.6 Å². The average molecular weight is 361 g/mol. The molecular formula is C22H27N5. The van der Waals surface area contributed by atoms with E-state index < -0.39 is 0 Å². The molecule has 2 aromatic heterocycles. The maximum Gasteiger partial charge on any atom is 0.0983 e. The molecule has 1 aliphatic rings. The Kier molecular flexibility index (Phi) is 5.05. The second-order valence-electron chi connectivity index (χ2n) is 7.95. The SMILES string of the molecule is CC1(C)CN(Cc2cn(Cc3ccccc3)nc2-c2cccnc2)CCN1. The highest BCUT2D eigenvalue weighted by atomic mass is 15.3. The molecule has 3 heterocycles. The van der Waals surface area contributed by atoms with Crippen molar-refractivity contribution in [3.05, 3.63) is 72.2 Å². The first kappa shape index (κ1) is 17.9. The van der Waals surface area contributed by atoms with E-state index in [0.717, 1.165) is 44.0 Å². The molecule has 3 aromatic rings. The summed E-state index contributed by atoms with van der Waals surface area (Å²) < 4.78 is 2.06. The summed E-state index contributed by atoms with van der Waals surface area (Å²) in [6.45, 7) is 9.32. The van der Waals surface area contributed by atoms with E-state index >= 15 is 0 Å². The lowest BCUT2D eigenvalue weighted by molar-refractivity contribution is 0.148. The number of nitrogens with one attached hydrogen (secondary N) is 1. The topological polar surface area (TPSA) is 46.0 Å². The summed E-state index contributed by atoms with van der Waals surface area (Å²) in [5, 5.41) is 8.50. The minimum atomic E-state index is 0.146. The van der Waals surface area contributed by atoms with E-state index in [0.29, 0.717) is 0 Å². The quantitative estimate of drug-likeness (QED) is 0.758. The summed E-state index contributed by atoms with van der Waals surface area (Å²) >= 11 is 0. The van der Waals surface area contributed by atoms with Gasteiger partial charge in [-0.2, -0.15) is 5.10 Å². The summed E-state index contributed by atoms with van der Waals surface area (Å²) in [5.41, 5.74) is 4.78. The fourth-order valence-electron chi connectivity index (χ4n) is 3.80. The van der Waals surface area contributed by atoms with Crippen molar-refractivity contribution in [3.8, 4) is 11.3 Å². The van der Waals surface area contributed by atoms with Crippen LogP contribution in [0.2, 0.25) is 0 Å². The van der Waals surface area contributed by atoms with E-state index in [2.05, 4.69) is 70.3 Å². The van der Waals surface area contributed by atoms with Gasteiger partial charge in [0.25, 0.3) is 0 Å². The second kappa shape index (κ2) is 7.62. The molecule has 1 saturated heterocycles. The fourth-order valence-corrected chi connectivity index (χ4v) is 3.80. The molecule has 140 valence electrons. The van der Waals surface area contributed by atoms with Gasteiger partial charge in [-0.1, -0.05) is 30.3 Å². The predicted octanol–water partition coefficient (Wildman–Crippen LogP) is 3.18. The molecule has 0 amide bonds. The lowest BCUT2D eigenvalue weighted by atomic mass is 10.0. The van der Waals surface area contributed by atoms with E-state index in [9.17, 15) is 0 Å².